The number of nitrogens with zero attached hydrogens (tertiary/aromatic N) is 1. The molecular weight excluding hydrogens is 208 g/mol. The van der Waals surface area contributed by atoms with Gasteiger partial charge in [-0.3, -0.25) is 4.98 Å². The van der Waals surface area contributed by atoms with Crippen LogP contribution in [-0.2, 0) is 0 Å². The standard InChI is InChI=1S/C12H19ClN2/c1-4-11(14-5-2)9(3)12-10(13)7-6-8-15-12/h6-9,11,14H,4-5H2,1-3H3. The lowest BCUT2D eigenvalue weighted by Crippen LogP contribution is -2.33. The molecule has 1 N–H and O–H groups in total. The number of rotatable bonds is 5. The first-order valence-electron chi connectivity index (χ1n) is 5.54. The van der Waals surface area contributed by atoms with Crippen molar-refractivity contribution in [1.29, 1.82) is 0 Å². The van der Waals surface area contributed by atoms with Crippen LogP contribution in [0.5, 0.6) is 0 Å². The summed E-state index contributed by atoms with van der Waals surface area (Å²) in [6, 6.07) is 4.22. The monoisotopic (exact) mass is 226 g/mol. The Morgan fingerprint density at radius 2 is 2.20 bits per heavy atom. The van der Waals surface area contributed by atoms with Gasteiger partial charge in [-0.15, -0.1) is 0 Å². The largest absolute Gasteiger partial charge is 0.314 e. The van der Waals surface area contributed by atoms with Crippen molar-refractivity contribution in [3.63, 3.8) is 0 Å². The SMILES string of the molecule is CCNC(CC)C(C)c1ncccc1Cl. The predicted octanol–water partition coefficient (Wildman–Crippen LogP) is 3.23. The summed E-state index contributed by atoms with van der Waals surface area (Å²) >= 11 is 6.13. The molecule has 0 saturated carbocycles. The van der Waals surface area contributed by atoms with Crippen molar-refractivity contribution in [2.75, 3.05) is 6.54 Å². The molecule has 1 heterocycles. The minimum Gasteiger partial charge on any atom is -0.314 e. The summed E-state index contributed by atoms with van der Waals surface area (Å²) in [5, 5.41) is 4.22. The molecule has 2 nitrogen and oxygen atoms in total. The van der Waals surface area contributed by atoms with Gasteiger partial charge in [-0.05, 0) is 25.1 Å². The normalized spacial score (nSPS) is 14.9. The fourth-order valence-electron chi connectivity index (χ4n) is 1.86. The molecule has 0 amide bonds. The summed E-state index contributed by atoms with van der Waals surface area (Å²) in [5.41, 5.74) is 0.993. The molecule has 2 unspecified atom stereocenters. The number of aromatic nitrogens is 1. The van der Waals surface area contributed by atoms with E-state index in [4.69, 9.17) is 11.6 Å². The fraction of sp³-hybridized carbons (Fsp3) is 0.583. The van der Waals surface area contributed by atoms with Crippen molar-refractivity contribution in [2.24, 2.45) is 0 Å². The van der Waals surface area contributed by atoms with Gasteiger partial charge in [0.05, 0.1) is 10.7 Å². The maximum absolute atomic E-state index is 6.13. The predicted molar refractivity (Wildman–Crippen MR) is 65.4 cm³/mol. The van der Waals surface area contributed by atoms with Crippen LogP contribution in [0.15, 0.2) is 18.3 Å². The zero-order valence-corrected chi connectivity index (χ0v) is 10.4. The number of pyridine rings is 1. The van der Waals surface area contributed by atoms with Crippen molar-refractivity contribution >= 4 is 11.6 Å². The third-order valence-electron chi connectivity index (χ3n) is 2.73. The van der Waals surface area contributed by atoms with E-state index in [1.807, 2.05) is 12.1 Å². The maximum atomic E-state index is 6.13. The van der Waals surface area contributed by atoms with Gasteiger partial charge in [0.2, 0.25) is 0 Å². The van der Waals surface area contributed by atoms with Gasteiger partial charge < -0.3 is 5.32 Å². The van der Waals surface area contributed by atoms with Crippen LogP contribution in [-0.4, -0.2) is 17.6 Å². The molecule has 1 aromatic rings. The van der Waals surface area contributed by atoms with E-state index >= 15 is 0 Å². The minimum absolute atomic E-state index is 0.351. The average molecular weight is 227 g/mol. The highest BCUT2D eigenvalue weighted by Crippen LogP contribution is 2.25. The molecule has 0 aliphatic rings. The van der Waals surface area contributed by atoms with Gasteiger partial charge in [-0.2, -0.15) is 0 Å². The molecule has 0 fully saturated rings. The Hall–Kier alpha value is -0.600. The van der Waals surface area contributed by atoms with Gasteiger partial charge in [-0.1, -0.05) is 32.4 Å². The van der Waals surface area contributed by atoms with Crippen LogP contribution in [0.3, 0.4) is 0 Å². The summed E-state index contributed by atoms with van der Waals surface area (Å²) in [4.78, 5) is 4.36. The summed E-state index contributed by atoms with van der Waals surface area (Å²) < 4.78 is 0. The van der Waals surface area contributed by atoms with E-state index in [1.54, 1.807) is 6.20 Å². The van der Waals surface area contributed by atoms with E-state index in [0.717, 1.165) is 23.7 Å². The number of hydrogen-bond donors (Lipinski definition) is 1. The number of likely N-dealkylation sites (N-methyl/N-ethyl adjacent to an activating group) is 1. The summed E-state index contributed by atoms with van der Waals surface area (Å²) in [6.07, 6.45) is 2.89. The smallest absolute Gasteiger partial charge is 0.0633 e. The summed E-state index contributed by atoms with van der Waals surface area (Å²) in [7, 11) is 0. The quantitative estimate of drug-likeness (QED) is 0.834. The maximum Gasteiger partial charge on any atom is 0.0633 e. The molecule has 1 rings (SSSR count). The molecule has 0 aromatic carbocycles. The van der Waals surface area contributed by atoms with Crippen molar-refractivity contribution in [3.8, 4) is 0 Å². The van der Waals surface area contributed by atoms with Crippen molar-refractivity contribution in [3.05, 3.63) is 29.0 Å². The molecule has 0 radical (unpaired) electrons. The zero-order valence-electron chi connectivity index (χ0n) is 9.63. The summed E-state index contributed by atoms with van der Waals surface area (Å²) in [6.45, 7) is 7.45. The van der Waals surface area contributed by atoms with Crippen LogP contribution in [0.4, 0.5) is 0 Å². The van der Waals surface area contributed by atoms with Crippen molar-refractivity contribution in [2.45, 2.75) is 39.2 Å². The molecule has 0 bridgehead atoms. The van der Waals surface area contributed by atoms with Crippen LogP contribution < -0.4 is 5.32 Å². The third-order valence-corrected chi connectivity index (χ3v) is 3.05. The highest BCUT2D eigenvalue weighted by Gasteiger charge is 2.19. The third kappa shape index (κ3) is 3.18. The van der Waals surface area contributed by atoms with Crippen LogP contribution >= 0.6 is 11.6 Å². The molecular formula is C12H19ClN2. The van der Waals surface area contributed by atoms with E-state index in [1.165, 1.54) is 0 Å². The number of nitrogens with one attached hydrogen (secondary N) is 1. The van der Waals surface area contributed by atoms with Gasteiger partial charge >= 0.3 is 0 Å². The Labute approximate surface area is 97.1 Å². The molecule has 84 valence electrons. The topological polar surface area (TPSA) is 24.9 Å². The van der Waals surface area contributed by atoms with Crippen molar-refractivity contribution < 1.29 is 0 Å². The second kappa shape index (κ2) is 6.09. The van der Waals surface area contributed by atoms with Gasteiger partial charge in [0.15, 0.2) is 0 Å². The number of hydrogen-bond acceptors (Lipinski definition) is 2. The highest BCUT2D eigenvalue weighted by molar-refractivity contribution is 6.31. The van der Waals surface area contributed by atoms with E-state index in [-0.39, 0.29) is 0 Å². The molecule has 2 atom stereocenters. The van der Waals surface area contributed by atoms with E-state index < -0.39 is 0 Å². The fourth-order valence-corrected chi connectivity index (χ4v) is 2.15. The van der Waals surface area contributed by atoms with Gasteiger partial charge in [-0.25, -0.2) is 0 Å². The van der Waals surface area contributed by atoms with Gasteiger partial charge in [0.25, 0.3) is 0 Å². The summed E-state index contributed by atoms with van der Waals surface area (Å²) in [5.74, 6) is 0.351. The lowest BCUT2D eigenvalue weighted by Gasteiger charge is -2.23. The Bertz CT molecular complexity index is 301. The Kier molecular flexibility index (Phi) is 5.06. The highest BCUT2D eigenvalue weighted by atomic mass is 35.5. The van der Waals surface area contributed by atoms with Crippen LogP contribution in [0, 0.1) is 0 Å². The van der Waals surface area contributed by atoms with Crippen LogP contribution in [0.25, 0.3) is 0 Å². The van der Waals surface area contributed by atoms with E-state index in [0.29, 0.717) is 12.0 Å². The van der Waals surface area contributed by atoms with Crippen LogP contribution in [0.1, 0.15) is 38.8 Å². The zero-order chi connectivity index (χ0) is 11.3. The molecule has 3 heteroatoms. The molecule has 0 saturated heterocycles. The second-order valence-electron chi connectivity index (χ2n) is 3.73. The van der Waals surface area contributed by atoms with Gasteiger partial charge in [0, 0.05) is 18.2 Å². The minimum atomic E-state index is 0.351. The van der Waals surface area contributed by atoms with Crippen LogP contribution in [0.2, 0.25) is 5.02 Å². The second-order valence-corrected chi connectivity index (χ2v) is 4.14. The molecule has 0 aliphatic heterocycles. The first-order valence-corrected chi connectivity index (χ1v) is 5.92. The lowest BCUT2D eigenvalue weighted by atomic mass is 9.95. The Morgan fingerprint density at radius 3 is 2.73 bits per heavy atom. The first kappa shape index (κ1) is 12.5. The van der Waals surface area contributed by atoms with Crippen molar-refractivity contribution in [1.82, 2.24) is 10.3 Å². The molecule has 15 heavy (non-hydrogen) atoms. The molecule has 0 spiro atoms. The average Bonchev–Trinajstić information content (AvgIpc) is 2.25. The van der Waals surface area contributed by atoms with Gasteiger partial charge in [0.1, 0.15) is 0 Å². The first-order chi connectivity index (χ1) is 7.20. The Balaban J connectivity index is 2.82. The molecule has 0 aliphatic carbocycles. The van der Waals surface area contributed by atoms with E-state index in [9.17, 15) is 0 Å². The van der Waals surface area contributed by atoms with E-state index in [2.05, 4.69) is 31.1 Å². The lowest BCUT2D eigenvalue weighted by molar-refractivity contribution is 0.443. The number of halogens is 1. The molecule has 1 aromatic heterocycles. The Morgan fingerprint density at radius 1 is 1.47 bits per heavy atom.